The second kappa shape index (κ2) is 7.26. The Morgan fingerprint density at radius 2 is 2.32 bits per heavy atom. The second-order valence-electron chi connectivity index (χ2n) is 4.96. The average molecular weight is 300 g/mol. The first-order valence-corrected chi connectivity index (χ1v) is 6.96. The van der Waals surface area contributed by atoms with E-state index in [1.807, 2.05) is 13.0 Å². The van der Waals surface area contributed by atoms with Gasteiger partial charge >= 0.3 is 5.97 Å². The molecule has 8 heteroatoms. The number of carbonyl (C=O) groups is 1. The molecule has 0 saturated heterocycles. The third-order valence-electron chi connectivity index (χ3n) is 3.48. The highest BCUT2D eigenvalue weighted by atomic mass is 16.4. The molecule has 2 atom stereocenters. The fourth-order valence-corrected chi connectivity index (χ4v) is 2.38. The lowest BCUT2D eigenvalue weighted by atomic mass is 9.84. The first kappa shape index (κ1) is 15.6. The number of hydrogen-bond acceptors (Lipinski definition) is 6. The minimum atomic E-state index is -0.884. The molecule has 2 heterocycles. The highest BCUT2D eigenvalue weighted by Crippen LogP contribution is 2.29. The average Bonchev–Trinajstić information content (AvgIpc) is 3.05. The number of carboxylic acid groups (broad SMARTS) is 1. The molecule has 0 amide bonds. The van der Waals surface area contributed by atoms with Gasteiger partial charge in [-0.2, -0.15) is 10.5 Å². The summed E-state index contributed by atoms with van der Waals surface area (Å²) in [4.78, 5) is 15.8. The van der Waals surface area contributed by atoms with Crippen molar-refractivity contribution in [2.24, 2.45) is 5.92 Å². The summed E-state index contributed by atoms with van der Waals surface area (Å²) < 4.78 is 0. The van der Waals surface area contributed by atoms with Crippen LogP contribution in [-0.2, 0) is 11.2 Å². The molecule has 2 aromatic rings. The van der Waals surface area contributed by atoms with Crippen LogP contribution in [0.1, 0.15) is 42.8 Å². The van der Waals surface area contributed by atoms with E-state index in [1.165, 1.54) is 6.20 Å². The number of hydrogen-bond donors (Lipinski definition) is 2. The van der Waals surface area contributed by atoms with Crippen molar-refractivity contribution in [3.05, 3.63) is 35.4 Å². The fourth-order valence-electron chi connectivity index (χ4n) is 2.38. The molecule has 0 aliphatic rings. The van der Waals surface area contributed by atoms with Gasteiger partial charge in [-0.25, -0.2) is 0 Å². The lowest BCUT2D eigenvalue weighted by molar-refractivity contribution is -0.143. The summed E-state index contributed by atoms with van der Waals surface area (Å²) in [6, 6.07) is 5.38. The number of rotatable bonds is 7. The molecule has 2 N–H and O–H groups in total. The Balaban J connectivity index is 2.28. The maximum absolute atomic E-state index is 11.6. The minimum absolute atomic E-state index is 0.368. The SMILES string of the molecule is CCCC(C(=O)O)C(Cc1ccc(C#N)cn1)c1nn[nH]n1. The van der Waals surface area contributed by atoms with Crippen LogP contribution >= 0.6 is 0 Å². The molecular formula is C14H16N6O2. The van der Waals surface area contributed by atoms with E-state index >= 15 is 0 Å². The quantitative estimate of drug-likeness (QED) is 0.788. The monoisotopic (exact) mass is 300 g/mol. The largest absolute Gasteiger partial charge is 0.481 e. The van der Waals surface area contributed by atoms with E-state index in [1.54, 1.807) is 12.1 Å². The molecule has 114 valence electrons. The van der Waals surface area contributed by atoms with E-state index in [0.717, 1.165) is 6.42 Å². The lowest BCUT2D eigenvalue weighted by Gasteiger charge is -2.20. The smallest absolute Gasteiger partial charge is 0.307 e. The summed E-state index contributed by atoms with van der Waals surface area (Å²) >= 11 is 0. The number of nitrogens with one attached hydrogen (secondary N) is 1. The highest BCUT2D eigenvalue weighted by molar-refractivity contribution is 5.71. The van der Waals surface area contributed by atoms with Crippen LogP contribution < -0.4 is 0 Å². The predicted octanol–water partition coefficient (Wildman–Crippen LogP) is 1.29. The van der Waals surface area contributed by atoms with Gasteiger partial charge in [0.25, 0.3) is 0 Å². The first-order chi connectivity index (χ1) is 10.7. The summed E-state index contributed by atoms with van der Waals surface area (Å²) in [5, 5.41) is 32.0. The normalized spacial score (nSPS) is 13.3. The van der Waals surface area contributed by atoms with Gasteiger partial charge in [0.15, 0.2) is 5.82 Å². The van der Waals surface area contributed by atoms with Gasteiger partial charge in [0.05, 0.1) is 11.5 Å². The summed E-state index contributed by atoms with van der Waals surface area (Å²) in [5.41, 5.74) is 1.15. The maximum atomic E-state index is 11.6. The van der Waals surface area contributed by atoms with E-state index in [2.05, 4.69) is 25.6 Å². The highest BCUT2D eigenvalue weighted by Gasteiger charge is 2.32. The Kier molecular flexibility index (Phi) is 5.14. The zero-order valence-electron chi connectivity index (χ0n) is 12.1. The summed E-state index contributed by atoms with van der Waals surface area (Å²) in [6.45, 7) is 1.93. The molecule has 0 spiro atoms. The topological polar surface area (TPSA) is 128 Å². The van der Waals surface area contributed by atoms with Crippen molar-refractivity contribution in [2.45, 2.75) is 32.1 Å². The molecule has 22 heavy (non-hydrogen) atoms. The summed E-state index contributed by atoms with van der Waals surface area (Å²) in [6.07, 6.45) is 3.11. The van der Waals surface area contributed by atoms with Gasteiger partial charge in [-0.15, -0.1) is 10.2 Å². The molecular weight excluding hydrogens is 284 g/mol. The van der Waals surface area contributed by atoms with Crippen molar-refractivity contribution >= 4 is 5.97 Å². The standard InChI is InChI=1S/C14H16N6O2/c1-2-3-11(14(21)22)12(13-17-19-20-18-13)6-10-5-4-9(7-15)8-16-10/h4-5,8,11-12H,2-3,6H2,1H3,(H,21,22)(H,17,18,19,20). The van der Waals surface area contributed by atoms with Crippen LogP contribution in [0.15, 0.2) is 18.3 Å². The molecule has 8 nitrogen and oxygen atoms in total. The van der Waals surface area contributed by atoms with Crippen molar-refractivity contribution in [3.63, 3.8) is 0 Å². The zero-order valence-corrected chi connectivity index (χ0v) is 12.1. The van der Waals surface area contributed by atoms with Crippen LogP contribution in [0, 0.1) is 17.2 Å². The molecule has 0 saturated carbocycles. The number of aromatic nitrogens is 5. The minimum Gasteiger partial charge on any atom is -0.481 e. The van der Waals surface area contributed by atoms with Gasteiger partial charge in [-0.3, -0.25) is 9.78 Å². The van der Waals surface area contributed by atoms with E-state index in [9.17, 15) is 9.90 Å². The molecule has 0 aliphatic heterocycles. The van der Waals surface area contributed by atoms with Crippen LogP contribution in [0.4, 0.5) is 0 Å². The van der Waals surface area contributed by atoms with Crippen LogP contribution in [0.5, 0.6) is 0 Å². The number of nitrogens with zero attached hydrogens (tertiary/aromatic N) is 5. The van der Waals surface area contributed by atoms with E-state index in [-0.39, 0.29) is 0 Å². The Morgan fingerprint density at radius 3 is 2.82 bits per heavy atom. The van der Waals surface area contributed by atoms with Gasteiger partial charge < -0.3 is 5.11 Å². The van der Waals surface area contributed by atoms with Crippen molar-refractivity contribution in [3.8, 4) is 6.07 Å². The van der Waals surface area contributed by atoms with Gasteiger partial charge in [0, 0.05) is 24.2 Å². The van der Waals surface area contributed by atoms with Crippen LogP contribution in [0.25, 0.3) is 0 Å². The number of tetrazole rings is 1. The van der Waals surface area contributed by atoms with Crippen LogP contribution in [0.2, 0.25) is 0 Å². The molecule has 0 aliphatic carbocycles. The van der Waals surface area contributed by atoms with Crippen molar-refractivity contribution in [1.29, 1.82) is 5.26 Å². The molecule has 0 aromatic carbocycles. The molecule has 2 unspecified atom stereocenters. The lowest BCUT2D eigenvalue weighted by Crippen LogP contribution is -2.25. The van der Waals surface area contributed by atoms with Crippen molar-refractivity contribution < 1.29 is 9.90 Å². The maximum Gasteiger partial charge on any atom is 0.307 e. The summed E-state index contributed by atoms with van der Waals surface area (Å²) in [5.74, 6) is -1.55. The first-order valence-electron chi connectivity index (χ1n) is 6.96. The third-order valence-corrected chi connectivity index (χ3v) is 3.48. The number of H-pyrrole nitrogens is 1. The Bertz CT molecular complexity index is 647. The van der Waals surface area contributed by atoms with Gasteiger partial charge in [-0.05, 0) is 18.6 Å². The molecule has 0 radical (unpaired) electrons. The molecule has 0 fully saturated rings. The number of pyridine rings is 1. The Hall–Kier alpha value is -2.82. The fraction of sp³-hybridized carbons (Fsp3) is 0.429. The molecule has 2 rings (SSSR count). The Morgan fingerprint density at radius 1 is 1.50 bits per heavy atom. The number of nitriles is 1. The van der Waals surface area contributed by atoms with E-state index in [4.69, 9.17) is 5.26 Å². The molecule has 2 aromatic heterocycles. The van der Waals surface area contributed by atoms with E-state index < -0.39 is 17.8 Å². The van der Waals surface area contributed by atoms with Gasteiger partial charge in [0.2, 0.25) is 0 Å². The van der Waals surface area contributed by atoms with Crippen molar-refractivity contribution in [1.82, 2.24) is 25.6 Å². The van der Waals surface area contributed by atoms with Gasteiger partial charge in [-0.1, -0.05) is 18.6 Å². The number of aromatic amines is 1. The zero-order chi connectivity index (χ0) is 15.9. The van der Waals surface area contributed by atoms with Crippen LogP contribution in [-0.4, -0.2) is 36.7 Å². The van der Waals surface area contributed by atoms with E-state index in [0.29, 0.717) is 29.9 Å². The second-order valence-corrected chi connectivity index (χ2v) is 4.96. The number of aliphatic carboxylic acids is 1. The van der Waals surface area contributed by atoms with Crippen LogP contribution in [0.3, 0.4) is 0 Å². The third kappa shape index (κ3) is 3.63. The van der Waals surface area contributed by atoms with Crippen molar-refractivity contribution in [2.75, 3.05) is 0 Å². The predicted molar refractivity (Wildman–Crippen MR) is 75.6 cm³/mol. The number of carboxylic acids is 1. The Labute approximate surface area is 127 Å². The summed E-state index contributed by atoms with van der Waals surface area (Å²) in [7, 11) is 0. The molecule has 0 bridgehead atoms. The van der Waals surface area contributed by atoms with Gasteiger partial charge in [0.1, 0.15) is 6.07 Å².